The smallest absolute Gasteiger partial charge is 0.201 e. The number of hydrogen-bond donors (Lipinski definition) is 1. The van der Waals surface area contributed by atoms with E-state index < -0.39 is 34.6 Å². The van der Waals surface area contributed by atoms with Gasteiger partial charge >= 0.3 is 0 Å². The van der Waals surface area contributed by atoms with E-state index in [1.54, 1.807) is 0 Å². The number of H-pyrrole nitrogens is 1. The lowest BCUT2D eigenvalue weighted by atomic mass is 10.0. The van der Waals surface area contributed by atoms with Crippen LogP contribution < -0.4 is 0 Å². The van der Waals surface area contributed by atoms with Crippen LogP contribution in [0.2, 0.25) is 0 Å². The Balaban J connectivity index is 2.20. The molecular formula is C15H7F4NO. The molecule has 3 rings (SSSR count). The Morgan fingerprint density at radius 1 is 0.905 bits per heavy atom. The number of rotatable bonds is 2. The monoisotopic (exact) mass is 293 g/mol. The van der Waals surface area contributed by atoms with Crippen LogP contribution in [0.5, 0.6) is 0 Å². The zero-order valence-corrected chi connectivity index (χ0v) is 10.4. The highest BCUT2D eigenvalue weighted by molar-refractivity contribution is 6.16. The average Bonchev–Trinajstić information content (AvgIpc) is 2.80. The normalized spacial score (nSPS) is 11.0. The summed E-state index contributed by atoms with van der Waals surface area (Å²) >= 11 is 0. The summed E-state index contributed by atoms with van der Waals surface area (Å²) in [4.78, 5) is 15.0. The number of carbonyl (C=O) groups is 1. The van der Waals surface area contributed by atoms with Gasteiger partial charge in [-0.3, -0.25) is 4.79 Å². The maximum absolute atomic E-state index is 13.6. The molecule has 21 heavy (non-hydrogen) atoms. The Morgan fingerprint density at radius 2 is 1.57 bits per heavy atom. The second kappa shape index (κ2) is 4.73. The minimum Gasteiger partial charge on any atom is -0.360 e. The van der Waals surface area contributed by atoms with E-state index in [0.717, 1.165) is 6.07 Å². The molecule has 2 nitrogen and oxygen atoms in total. The first-order valence-corrected chi connectivity index (χ1v) is 5.93. The van der Waals surface area contributed by atoms with Gasteiger partial charge in [0.2, 0.25) is 5.78 Å². The van der Waals surface area contributed by atoms with Gasteiger partial charge in [-0.15, -0.1) is 0 Å². The molecule has 0 aliphatic carbocycles. The molecule has 0 atom stereocenters. The van der Waals surface area contributed by atoms with Crippen molar-refractivity contribution in [1.29, 1.82) is 0 Å². The van der Waals surface area contributed by atoms with Gasteiger partial charge in [0.25, 0.3) is 0 Å². The van der Waals surface area contributed by atoms with Gasteiger partial charge in [-0.05, 0) is 18.2 Å². The van der Waals surface area contributed by atoms with E-state index in [2.05, 4.69) is 4.98 Å². The molecule has 0 aliphatic heterocycles. The summed E-state index contributed by atoms with van der Waals surface area (Å²) in [6.45, 7) is 0. The molecule has 106 valence electrons. The molecule has 1 heterocycles. The summed E-state index contributed by atoms with van der Waals surface area (Å²) in [5.41, 5.74) is -0.516. The minimum absolute atomic E-state index is 0.0890. The van der Waals surface area contributed by atoms with E-state index in [9.17, 15) is 22.4 Å². The lowest BCUT2D eigenvalue weighted by Crippen LogP contribution is -2.08. The van der Waals surface area contributed by atoms with E-state index >= 15 is 0 Å². The van der Waals surface area contributed by atoms with E-state index in [4.69, 9.17) is 0 Å². The lowest BCUT2D eigenvalue weighted by Gasteiger charge is -2.04. The van der Waals surface area contributed by atoms with Gasteiger partial charge in [-0.25, -0.2) is 17.6 Å². The predicted molar refractivity (Wildman–Crippen MR) is 68.0 cm³/mol. The zero-order chi connectivity index (χ0) is 15.1. The minimum atomic E-state index is -1.30. The molecule has 3 aromatic rings. The number of benzene rings is 2. The Morgan fingerprint density at radius 3 is 2.24 bits per heavy atom. The van der Waals surface area contributed by atoms with Gasteiger partial charge in [0.15, 0.2) is 0 Å². The first-order chi connectivity index (χ1) is 9.97. The molecule has 0 unspecified atom stereocenters. The van der Waals surface area contributed by atoms with E-state index in [0.29, 0.717) is 17.6 Å². The summed E-state index contributed by atoms with van der Waals surface area (Å²) in [6.07, 6.45) is 1.23. The lowest BCUT2D eigenvalue weighted by molar-refractivity contribution is 0.103. The molecule has 0 saturated carbocycles. The summed E-state index contributed by atoms with van der Waals surface area (Å²) in [5.74, 6) is -5.30. The fourth-order valence-corrected chi connectivity index (χ4v) is 2.17. The molecule has 0 bridgehead atoms. The van der Waals surface area contributed by atoms with Crippen LogP contribution >= 0.6 is 0 Å². The molecule has 0 spiro atoms. The molecule has 1 aromatic heterocycles. The average molecular weight is 293 g/mol. The third kappa shape index (κ3) is 2.18. The number of fused-ring (bicyclic) bond motifs is 1. The third-order valence-corrected chi connectivity index (χ3v) is 3.12. The summed E-state index contributed by atoms with van der Waals surface area (Å²) in [6, 6.07) is 4.51. The van der Waals surface area contributed by atoms with Crippen molar-refractivity contribution < 1.29 is 22.4 Å². The molecule has 1 N–H and O–H groups in total. The zero-order valence-electron chi connectivity index (χ0n) is 10.4. The first-order valence-electron chi connectivity index (χ1n) is 5.93. The molecule has 0 saturated heterocycles. The number of aromatic amines is 1. The Bertz CT molecular complexity index is 846. The maximum atomic E-state index is 13.6. The van der Waals surface area contributed by atoms with Crippen LogP contribution in [0.1, 0.15) is 15.9 Å². The molecule has 0 aliphatic rings. The molecule has 2 aromatic carbocycles. The number of hydrogen-bond acceptors (Lipinski definition) is 1. The molecule has 0 amide bonds. The van der Waals surface area contributed by atoms with Crippen LogP contribution in [0.25, 0.3) is 10.9 Å². The largest absolute Gasteiger partial charge is 0.360 e. The van der Waals surface area contributed by atoms with Crippen LogP contribution in [-0.4, -0.2) is 10.8 Å². The molecule has 0 radical (unpaired) electrons. The Labute approximate surface area is 116 Å². The van der Waals surface area contributed by atoms with Gasteiger partial charge in [0.1, 0.15) is 23.3 Å². The van der Waals surface area contributed by atoms with Gasteiger partial charge in [0, 0.05) is 34.8 Å². The fourth-order valence-electron chi connectivity index (χ4n) is 2.17. The standard InChI is InChI=1S/C15H7F4NO/c16-7-1-2-13-9(3-7)10(6-20-13)15(21)14-11(18)4-8(17)5-12(14)19/h1-6,20H. The topological polar surface area (TPSA) is 32.9 Å². The Hall–Kier alpha value is -2.63. The summed E-state index contributed by atoms with van der Waals surface area (Å²) in [5, 5.41) is 0.197. The highest BCUT2D eigenvalue weighted by Gasteiger charge is 2.23. The number of carbonyl (C=O) groups excluding carboxylic acids is 1. The third-order valence-electron chi connectivity index (χ3n) is 3.12. The fraction of sp³-hybridized carbons (Fsp3) is 0. The van der Waals surface area contributed by atoms with Crippen LogP contribution in [0.15, 0.2) is 36.5 Å². The molecule has 6 heteroatoms. The van der Waals surface area contributed by atoms with Crippen molar-refractivity contribution in [3.8, 4) is 0 Å². The predicted octanol–water partition coefficient (Wildman–Crippen LogP) is 3.96. The number of aromatic nitrogens is 1. The second-order valence-electron chi connectivity index (χ2n) is 4.47. The molecule has 0 fully saturated rings. The van der Waals surface area contributed by atoms with Crippen molar-refractivity contribution in [3.05, 3.63) is 70.9 Å². The SMILES string of the molecule is O=C(c1c(F)cc(F)cc1F)c1c[nH]c2ccc(F)cc12. The van der Waals surface area contributed by atoms with Gasteiger partial charge < -0.3 is 4.98 Å². The first kappa shape index (κ1) is 13.4. The molecular weight excluding hydrogens is 286 g/mol. The number of nitrogens with one attached hydrogen (secondary N) is 1. The van der Waals surface area contributed by atoms with Crippen LogP contribution in [-0.2, 0) is 0 Å². The van der Waals surface area contributed by atoms with Crippen molar-refractivity contribution in [2.24, 2.45) is 0 Å². The van der Waals surface area contributed by atoms with E-state index in [1.165, 1.54) is 18.3 Å². The van der Waals surface area contributed by atoms with Crippen molar-refractivity contribution in [1.82, 2.24) is 4.98 Å². The van der Waals surface area contributed by atoms with E-state index in [-0.39, 0.29) is 10.9 Å². The van der Waals surface area contributed by atoms with Crippen LogP contribution in [0.3, 0.4) is 0 Å². The van der Waals surface area contributed by atoms with Gasteiger partial charge in [-0.1, -0.05) is 0 Å². The highest BCUT2D eigenvalue weighted by Crippen LogP contribution is 2.25. The van der Waals surface area contributed by atoms with Gasteiger partial charge in [0.05, 0.1) is 5.56 Å². The van der Waals surface area contributed by atoms with Crippen LogP contribution in [0.4, 0.5) is 17.6 Å². The van der Waals surface area contributed by atoms with E-state index in [1.807, 2.05) is 0 Å². The van der Waals surface area contributed by atoms with Crippen molar-refractivity contribution in [2.45, 2.75) is 0 Å². The summed E-state index contributed by atoms with van der Waals surface area (Å²) in [7, 11) is 0. The number of ketones is 1. The van der Waals surface area contributed by atoms with Crippen molar-refractivity contribution >= 4 is 16.7 Å². The Kier molecular flexibility index (Phi) is 3.01. The quantitative estimate of drug-likeness (QED) is 0.563. The second-order valence-corrected chi connectivity index (χ2v) is 4.47. The number of halogens is 4. The van der Waals surface area contributed by atoms with Crippen molar-refractivity contribution in [2.75, 3.05) is 0 Å². The van der Waals surface area contributed by atoms with Crippen LogP contribution in [0, 0.1) is 23.3 Å². The highest BCUT2D eigenvalue weighted by atomic mass is 19.1. The van der Waals surface area contributed by atoms with Crippen molar-refractivity contribution in [3.63, 3.8) is 0 Å². The maximum Gasteiger partial charge on any atom is 0.201 e. The van der Waals surface area contributed by atoms with Gasteiger partial charge in [-0.2, -0.15) is 0 Å². The summed E-state index contributed by atoms with van der Waals surface area (Å²) < 4.78 is 53.4.